The molecule has 0 heterocycles. The van der Waals surface area contributed by atoms with Crippen LogP contribution >= 0.6 is 0 Å². The summed E-state index contributed by atoms with van der Waals surface area (Å²) >= 11 is 0. The maximum Gasteiger partial charge on any atom is 0.251 e. The Morgan fingerprint density at radius 3 is 2.30 bits per heavy atom. The number of carbonyl (C=O) groups is 3. The Hall–Kier alpha value is -3.19. The van der Waals surface area contributed by atoms with Gasteiger partial charge in [-0.3, -0.25) is 19.6 Å². The van der Waals surface area contributed by atoms with Gasteiger partial charge in [-0.1, -0.05) is 48.0 Å². The molecule has 0 spiro atoms. The molecule has 1 atom stereocenters. The summed E-state index contributed by atoms with van der Waals surface area (Å²) in [6, 6.07) is 15.4. The van der Waals surface area contributed by atoms with Crippen LogP contribution in [0.25, 0.3) is 0 Å². The number of carbonyl (C=O) groups excluding carboxylic acids is 3. The highest BCUT2D eigenvalue weighted by molar-refractivity contribution is 5.97. The molecule has 2 aromatic rings. The Balaban J connectivity index is 2.02. The Kier molecular flexibility index (Phi) is 7.51. The molecule has 0 aliphatic rings. The first-order valence-electron chi connectivity index (χ1n) is 8.61. The summed E-state index contributed by atoms with van der Waals surface area (Å²) in [5.41, 5.74) is 3.89. The van der Waals surface area contributed by atoms with Crippen LogP contribution in [0.4, 0.5) is 0 Å². The zero-order chi connectivity index (χ0) is 19.6. The van der Waals surface area contributed by atoms with Crippen LogP contribution < -0.4 is 16.1 Å². The van der Waals surface area contributed by atoms with Crippen LogP contribution in [0.1, 0.15) is 34.3 Å². The molecule has 0 bridgehead atoms. The van der Waals surface area contributed by atoms with Crippen molar-refractivity contribution < 1.29 is 19.6 Å². The number of hydrogen-bond acceptors (Lipinski definition) is 4. The lowest BCUT2D eigenvalue weighted by Crippen LogP contribution is -2.47. The second-order valence-electron chi connectivity index (χ2n) is 6.17. The lowest BCUT2D eigenvalue weighted by Gasteiger charge is -2.18. The molecule has 4 N–H and O–H groups in total. The minimum absolute atomic E-state index is 0.0601. The van der Waals surface area contributed by atoms with Gasteiger partial charge in [0.15, 0.2) is 0 Å². The molecule has 0 saturated heterocycles. The molecule has 0 aliphatic carbocycles. The lowest BCUT2D eigenvalue weighted by molar-refractivity contribution is -0.129. The summed E-state index contributed by atoms with van der Waals surface area (Å²) in [4.78, 5) is 36.2. The molecule has 0 aromatic heterocycles. The van der Waals surface area contributed by atoms with E-state index in [1.807, 2.05) is 37.3 Å². The normalized spacial score (nSPS) is 11.3. The number of aryl methyl sites for hydroxylation is 1. The fraction of sp³-hybridized carbons (Fsp3) is 0.250. The van der Waals surface area contributed by atoms with Crippen LogP contribution in [0.15, 0.2) is 54.6 Å². The van der Waals surface area contributed by atoms with Crippen molar-refractivity contribution in [2.45, 2.75) is 32.4 Å². The smallest absolute Gasteiger partial charge is 0.251 e. The molecule has 142 valence electrons. The molecule has 2 aromatic carbocycles. The van der Waals surface area contributed by atoms with Crippen LogP contribution in [0, 0.1) is 6.92 Å². The van der Waals surface area contributed by atoms with Crippen molar-refractivity contribution in [2.75, 3.05) is 0 Å². The monoisotopic (exact) mass is 369 g/mol. The summed E-state index contributed by atoms with van der Waals surface area (Å²) in [5, 5.41) is 14.1. The molecule has 3 amide bonds. The third-order valence-corrected chi connectivity index (χ3v) is 4.03. The van der Waals surface area contributed by atoms with Crippen molar-refractivity contribution in [1.82, 2.24) is 16.1 Å². The van der Waals surface area contributed by atoms with E-state index in [-0.39, 0.29) is 12.8 Å². The summed E-state index contributed by atoms with van der Waals surface area (Å²) < 4.78 is 0. The predicted molar refractivity (Wildman–Crippen MR) is 99.9 cm³/mol. The molecule has 0 fully saturated rings. The zero-order valence-corrected chi connectivity index (χ0v) is 15.1. The van der Waals surface area contributed by atoms with Gasteiger partial charge in [-0.15, -0.1) is 0 Å². The maximum absolute atomic E-state index is 12.5. The lowest BCUT2D eigenvalue weighted by atomic mass is 10.1. The number of benzene rings is 2. The maximum atomic E-state index is 12.5. The SMILES string of the molecule is Cc1ccc(C(=O)NC(CCC(=O)NO)C(=O)NCc2ccccc2)cc1. The van der Waals surface area contributed by atoms with Crippen LogP contribution in [-0.4, -0.2) is 29.0 Å². The first-order valence-corrected chi connectivity index (χ1v) is 8.61. The fourth-order valence-corrected chi connectivity index (χ4v) is 2.45. The van der Waals surface area contributed by atoms with Crippen LogP contribution in [-0.2, 0) is 16.1 Å². The van der Waals surface area contributed by atoms with Gasteiger partial charge in [-0.05, 0) is 31.0 Å². The summed E-state index contributed by atoms with van der Waals surface area (Å²) in [6.07, 6.45) is -0.0429. The highest BCUT2D eigenvalue weighted by Gasteiger charge is 2.22. The Morgan fingerprint density at radius 1 is 1.00 bits per heavy atom. The molecular weight excluding hydrogens is 346 g/mol. The second-order valence-corrected chi connectivity index (χ2v) is 6.17. The number of hydroxylamine groups is 1. The zero-order valence-electron chi connectivity index (χ0n) is 15.1. The van der Waals surface area contributed by atoms with Crippen molar-refractivity contribution in [3.63, 3.8) is 0 Å². The fourth-order valence-electron chi connectivity index (χ4n) is 2.45. The third kappa shape index (κ3) is 6.56. The predicted octanol–water partition coefficient (Wildman–Crippen LogP) is 1.70. The van der Waals surface area contributed by atoms with Gasteiger partial charge in [-0.25, -0.2) is 5.48 Å². The molecule has 1 unspecified atom stereocenters. The first kappa shape index (κ1) is 20.1. The van der Waals surface area contributed by atoms with Gasteiger partial charge in [0.1, 0.15) is 6.04 Å². The molecule has 7 nitrogen and oxygen atoms in total. The number of nitrogens with one attached hydrogen (secondary N) is 3. The largest absolute Gasteiger partial charge is 0.350 e. The highest BCUT2D eigenvalue weighted by Crippen LogP contribution is 2.06. The average molecular weight is 369 g/mol. The van der Waals surface area contributed by atoms with Gasteiger partial charge in [0.25, 0.3) is 5.91 Å². The van der Waals surface area contributed by atoms with E-state index < -0.39 is 23.8 Å². The van der Waals surface area contributed by atoms with Crippen molar-refractivity contribution in [3.05, 3.63) is 71.3 Å². The quantitative estimate of drug-likeness (QED) is 0.419. The Bertz CT molecular complexity index is 776. The van der Waals surface area contributed by atoms with E-state index in [1.54, 1.807) is 24.3 Å². The average Bonchev–Trinajstić information content (AvgIpc) is 2.70. The van der Waals surface area contributed by atoms with E-state index in [1.165, 1.54) is 5.48 Å². The van der Waals surface area contributed by atoms with E-state index in [9.17, 15) is 14.4 Å². The van der Waals surface area contributed by atoms with Crippen LogP contribution in [0.3, 0.4) is 0 Å². The summed E-state index contributed by atoms with van der Waals surface area (Å²) in [5.74, 6) is -1.43. The van der Waals surface area contributed by atoms with E-state index in [2.05, 4.69) is 10.6 Å². The molecule has 0 aliphatic heterocycles. The summed E-state index contributed by atoms with van der Waals surface area (Å²) in [6.45, 7) is 2.22. The van der Waals surface area contributed by atoms with Crippen molar-refractivity contribution in [2.24, 2.45) is 0 Å². The van der Waals surface area contributed by atoms with E-state index in [0.717, 1.165) is 11.1 Å². The minimum atomic E-state index is -0.903. The van der Waals surface area contributed by atoms with Gasteiger partial charge in [-0.2, -0.15) is 0 Å². The summed E-state index contributed by atoms with van der Waals surface area (Å²) in [7, 11) is 0. The number of amides is 3. The van der Waals surface area contributed by atoms with Gasteiger partial charge in [0.05, 0.1) is 0 Å². The molecule has 27 heavy (non-hydrogen) atoms. The number of rotatable bonds is 8. The van der Waals surface area contributed by atoms with Gasteiger partial charge in [0, 0.05) is 18.5 Å². The van der Waals surface area contributed by atoms with Gasteiger partial charge >= 0.3 is 0 Å². The van der Waals surface area contributed by atoms with Gasteiger partial charge in [0.2, 0.25) is 11.8 Å². The molecule has 2 rings (SSSR count). The molecule has 7 heteroatoms. The van der Waals surface area contributed by atoms with E-state index in [4.69, 9.17) is 5.21 Å². The van der Waals surface area contributed by atoms with E-state index >= 15 is 0 Å². The van der Waals surface area contributed by atoms with Crippen molar-refractivity contribution in [1.29, 1.82) is 0 Å². The topological polar surface area (TPSA) is 108 Å². The third-order valence-electron chi connectivity index (χ3n) is 4.03. The first-order chi connectivity index (χ1) is 13.0. The van der Waals surface area contributed by atoms with Crippen molar-refractivity contribution in [3.8, 4) is 0 Å². The Morgan fingerprint density at radius 2 is 1.67 bits per heavy atom. The molecule has 0 saturated carbocycles. The molecular formula is C20H23N3O4. The Labute approximate surface area is 157 Å². The van der Waals surface area contributed by atoms with Gasteiger partial charge < -0.3 is 10.6 Å². The standard InChI is InChI=1S/C20H23N3O4/c1-14-7-9-16(10-8-14)19(25)22-17(11-12-18(24)23-27)20(26)21-13-15-5-3-2-4-6-15/h2-10,17,27H,11-13H2,1H3,(H,21,26)(H,22,25)(H,23,24). The van der Waals surface area contributed by atoms with E-state index in [0.29, 0.717) is 12.1 Å². The van der Waals surface area contributed by atoms with Crippen LogP contribution in [0.5, 0.6) is 0 Å². The highest BCUT2D eigenvalue weighted by atomic mass is 16.5. The number of hydrogen-bond donors (Lipinski definition) is 4. The van der Waals surface area contributed by atoms with Crippen molar-refractivity contribution >= 4 is 17.7 Å². The molecule has 0 radical (unpaired) electrons. The minimum Gasteiger partial charge on any atom is -0.350 e. The second kappa shape index (κ2) is 10.1. The van der Waals surface area contributed by atoms with Crippen LogP contribution in [0.2, 0.25) is 0 Å².